The van der Waals surface area contributed by atoms with E-state index < -0.39 is 0 Å². The van der Waals surface area contributed by atoms with E-state index in [0.717, 1.165) is 18.4 Å². The number of urea groups is 1. The summed E-state index contributed by atoms with van der Waals surface area (Å²) in [6.45, 7) is 2.72. The van der Waals surface area contributed by atoms with Crippen molar-refractivity contribution < 1.29 is 4.79 Å². The van der Waals surface area contributed by atoms with Crippen molar-refractivity contribution in [2.45, 2.75) is 19.8 Å². The van der Waals surface area contributed by atoms with Gasteiger partial charge in [-0.1, -0.05) is 60.2 Å². The summed E-state index contributed by atoms with van der Waals surface area (Å²) in [5.74, 6) is 0. The minimum Gasteiger partial charge on any atom is -0.338 e. The van der Waals surface area contributed by atoms with Crippen LogP contribution >= 0.6 is 0 Å². The van der Waals surface area contributed by atoms with E-state index in [1.807, 2.05) is 48.5 Å². The molecule has 3 heteroatoms. The van der Waals surface area contributed by atoms with Gasteiger partial charge in [-0.05, 0) is 37.0 Å². The first-order valence-corrected chi connectivity index (χ1v) is 7.55. The lowest BCUT2D eigenvalue weighted by molar-refractivity contribution is 0.244. The van der Waals surface area contributed by atoms with Gasteiger partial charge < -0.3 is 10.6 Å². The van der Waals surface area contributed by atoms with E-state index in [1.54, 1.807) is 6.20 Å². The molecule has 0 aliphatic heterocycles. The van der Waals surface area contributed by atoms with E-state index >= 15 is 0 Å². The third kappa shape index (κ3) is 5.83. The Balaban J connectivity index is 1.62. The normalized spacial score (nSPS) is 10.6. The monoisotopic (exact) mass is 294 g/mol. The van der Waals surface area contributed by atoms with Crippen LogP contribution in [0.5, 0.6) is 0 Å². The summed E-state index contributed by atoms with van der Waals surface area (Å²) < 4.78 is 0. The minimum absolute atomic E-state index is 0.170. The van der Waals surface area contributed by atoms with Crippen molar-refractivity contribution in [2.75, 3.05) is 6.54 Å². The number of carbonyl (C=O) groups excluding carboxylic acids is 1. The molecule has 0 unspecified atom stereocenters. The van der Waals surface area contributed by atoms with Gasteiger partial charge in [0.05, 0.1) is 0 Å². The first kappa shape index (κ1) is 15.8. The Morgan fingerprint density at radius 3 is 2.50 bits per heavy atom. The van der Waals surface area contributed by atoms with E-state index in [9.17, 15) is 4.79 Å². The molecule has 0 bridgehead atoms. The maximum absolute atomic E-state index is 11.6. The summed E-state index contributed by atoms with van der Waals surface area (Å²) >= 11 is 0. The van der Waals surface area contributed by atoms with Gasteiger partial charge in [0.25, 0.3) is 0 Å². The molecule has 2 aromatic rings. The average molecular weight is 294 g/mol. The highest BCUT2D eigenvalue weighted by atomic mass is 16.2. The molecule has 2 rings (SSSR count). The molecule has 2 N–H and O–H groups in total. The number of amides is 2. The predicted molar refractivity (Wildman–Crippen MR) is 91.5 cm³/mol. The molecule has 0 spiro atoms. The largest absolute Gasteiger partial charge is 0.338 e. The van der Waals surface area contributed by atoms with E-state index in [-0.39, 0.29) is 6.03 Å². The lowest BCUT2D eigenvalue weighted by atomic mass is 10.1. The van der Waals surface area contributed by atoms with Crippen LogP contribution in [0, 0.1) is 6.92 Å². The predicted octanol–water partition coefficient (Wildman–Crippen LogP) is 3.90. The van der Waals surface area contributed by atoms with Crippen molar-refractivity contribution in [1.29, 1.82) is 0 Å². The van der Waals surface area contributed by atoms with E-state index in [0.29, 0.717) is 6.54 Å². The van der Waals surface area contributed by atoms with Crippen LogP contribution in [0.15, 0.2) is 60.8 Å². The number of aryl methyl sites for hydroxylation is 2. The van der Waals surface area contributed by atoms with Gasteiger partial charge in [-0.3, -0.25) is 0 Å². The molecule has 0 saturated heterocycles. The molecule has 0 fully saturated rings. The first-order valence-electron chi connectivity index (χ1n) is 7.55. The van der Waals surface area contributed by atoms with Crippen LogP contribution in [-0.4, -0.2) is 12.6 Å². The van der Waals surface area contributed by atoms with Gasteiger partial charge in [0, 0.05) is 12.7 Å². The van der Waals surface area contributed by atoms with Crippen LogP contribution in [0.3, 0.4) is 0 Å². The third-order valence-corrected chi connectivity index (χ3v) is 3.34. The summed E-state index contributed by atoms with van der Waals surface area (Å²) in [6, 6.07) is 18.2. The Bertz CT molecular complexity index is 603. The van der Waals surface area contributed by atoms with Crippen LogP contribution in [0.4, 0.5) is 4.79 Å². The van der Waals surface area contributed by atoms with Crippen LogP contribution in [0.1, 0.15) is 23.1 Å². The molecule has 0 aliphatic rings. The second-order valence-electron chi connectivity index (χ2n) is 5.23. The molecule has 3 nitrogen and oxygen atoms in total. The van der Waals surface area contributed by atoms with Crippen LogP contribution in [0.2, 0.25) is 0 Å². The molecule has 0 atom stereocenters. The molecule has 114 valence electrons. The summed E-state index contributed by atoms with van der Waals surface area (Å²) in [5, 5.41) is 5.56. The fourth-order valence-electron chi connectivity index (χ4n) is 2.08. The molecule has 0 radical (unpaired) electrons. The zero-order chi connectivity index (χ0) is 15.6. The summed E-state index contributed by atoms with van der Waals surface area (Å²) in [7, 11) is 0. The highest BCUT2D eigenvalue weighted by Gasteiger charge is 1.97. The lowest BCUT2D eigenvalue weighted by Crippen LogP contribution is -2.32. The van der Waals surface area contributed by atoms with Crippen LogP contribution in [0.25, 0.3) is 6.08 Å². The third-order valence-electron chi connectivity index (χ3n) is 3.34. The van der Waals surface area contributed by atoms with Gasteiger partial charge in [-0.25, -0.2) is 4.79 Å². The highest BCUT2D eigenvalue weighted by Crippen LogP contribution is 2.04. The molecule has 22 heavy (non-hydrogen) atoms. The molecule has 0 saturated carbocycles. The molecular formula is C19H22N2O. The Hall–Kier alpha value is -2.55. The topological polar surface area (TPSA) is 41.1 Å². The van der Waals surface area contributed by atoms with E-state index in [4.69, 9.17) is 0 Å². The maximum Gasteiger partial charge on any atom is 0.318 e. The summed E-state index contributed by atoms with van der Waals surface area (Å²) in [4.78, 5) is 11.6. The van der Waals surface area contributed by atoms with Crippen molar-refractivity contribution in [1.82, 2.24) is 10.6 Å². The summed E-state index contributed by atoms with van der Waals surface area (Å²) in [5.41, 5.74) is 3.58. The number of benzene rings is 2. The van der Waals surface area contributed by atoms with Gasteiger partial charge in [0.15, 0.2) is 0 Å². The molecule has 0 aliphatic carbocycles. The van der Waals surface area contributed by atoms with Gasteiger partial charge in [0.2, 0.25) is 0 Å². The summed E-state index contributed by atoms with van der Waals surface area (Å²) in [6.07, 6.45) is 5.44. The number of nitrogens with one attached hydrogen (secondary N) is 2. The number of hydrogen-bond donors (Lipinski definition) is 2. The second kappa shape index (κ2) is 8.67. The van der Waals surface area contributed by atoms with Crippen LogP contribution < -0.4 is 10.6 Å². The van der Waals surface area contributed by atoms with Gasteiger partial charge in [0.1, 0.15) is 0 Å². The smallest absolute Gasteiger partial charge is 0.318 e. The quantitative estimate of drug-likeness (QED) is 0.780. The molecule has 0 heterocycles. The molecular weight excluding hydrogens is 272 g/mol. The fraction of sp³-hybridized carbons (Fsp3) is 0.211. The zero-order valence-electron chi connectivity index (χ0n) is 12.9. The molecule has 2 aromatic carbocycles. The minimum atomic E-state index is -0.170. The van der Waals surface area contributed by atoms with Gasteiger partial charge in [-0.15, -0.1) is 0 Å². The Labute approximate surface area is 132 Å². The standard InChI is InChI=1S/C19H22N2O/c1-16-9-11-18(12-10-16)13-15-21-19(22)20-14-5-8-17-6-3-2-4-7-17/h2-4,6-7,9-13,15H,5,8,14H2,1H3,(H2,20,21,22)/b15-13+. The van der Waals surface area contributed by atoms with Crippen molar-refractivity contribution in [2.24, 2.45) is 0 Å². The lowest BCUT2D eigenvalue weighted by Gasteiger charge is -2.04. The number of rotatable bonds is 6. The number of hydrogen-bond acceptors (Lipinski definition) is 1. The van der Waals surface area contributed by atoms with Gasteiger partial charge >= 0.3 is 6.03 Å². The SMILES string of the molecule is Cc1ccc(/C=C/NC(=O)NCCCc2ccccc2)cc1. The van der Waals surface area contributed by atoms with E-state index in [2.05, 4.69) is 29.7 Å². The van der Waals surface area contributed by atoms with E-state index in [1.165, 1.54) is 11.1 Å². The van der Waals surface area contributed by atoms with Crippen molar-refractivity contribution in [3.05, 3.63) is 77.5 Å². The van der Waals surface area contributed by atoms with Gasteiger partial charge in [-0.2, -0.15) is 0 Å². The maximum atomic E-state index is 11.6. The Kier molecular flexibility index (Phi) is 6.24. The Morgan fingerprint density at radius 2 is 1.77 bits per heavy atom. The second-order valence-corrected chi connectivity index (χ2v) is 5.23. The zero-order valence-corrected chi connectivity index (χ0v) is 12.9. The number of carbonyl (C=O) groups is 1. The molecule has 0 aromatic heterocycles. The van der Waals surface area contributed by atoms with Crippen LogP contribution in [-0.2, 0) is 6.42 Å². The highest BCUT2D eigenvalue weighted by molar-refractivity contribution is 5.75. The van der Waals surface area contributed by atoms with Crippen molar-refractivity contribution in [3.8, 4) is 0 Å². The average Bonchev–Trinajstić information content (AvgIpc) is 2.54. The fourth-order valence-corrected chi connectivity index (χ4v) is 2.08. The Morgan fingerprint density at radius 1 is 1.05 bits per heavy atom. The first-order chi connectivity index (χ1) is 10.7. The van der Waals surface area contributed by atoms with Crippen molar-refractivity contribution >= 4 is 12.1 Å². The van der Waals surface area contributed by atoms with Crippen molar-refractivity contribution in [3.63, 3.8) is 0 Å². The molecule has 2 amide bonds.